The molecule has 8 heteroatoms. The van der Waals surface area contributed by atoms with Crippen LogP contribution in [-0.4, -0.2) is 60.6 Å². The lowest BCUT2D eigenvalue weighted by Gasteiger charge is -2.25. The highest BCUT2D eigenvalue weighted by Gasteiger charge is 2.24. The van der Waals surface area contributed by atoms with Gasteiger partial charge in [0.1, 0.15) is 0 Å². The molecule has 1 atom stereocenters. The zero-order valence-corrected chi connectivity index (χ0v) is 13.1. The summed E-state index contributed by atoms with van der Waals surface area (Å²) in [5.41, 5.74) is 7.54. The van der Waals surface area contributed by atoms with Gasteiger partial charge in [0, 0.05) is 26.2 Å². The van der Waals surface area contributed by atoms with Crippen LogP contribution in [0.3, 0.4) is 0 Å². The molecule has 2 fully saturated rings. The third-order valence-electron chi connectivity index (χ3n) is 4.12. The second kappa shape index (κ2) is 5.53. The molecule has 3 N–H and O–H groups in total. The highest BCUT2D eigenvalue weighted by atomic mass is 32.1. The van der Waals surface area contributed by atoms with E-state index in [4.69, 9.17) is 10.5 Å². The van der Waals surface area contributed by atoms with Crippen molar-refractivity contribution in [3.05, 3.63) is 6.07 Å². The number of fused-ring (bicyclic) bond motifs is 1. The third kappa shape index (κ3) is 2.47. The zero-order chi connectivity index (χ0) is 15.1. The molecule has 7 nitrogen and oxygen atoms in total. The van der Waals surface area contributed by atoms with Crippen molar-refractivity contribution >= 4 is 38.3 Å². The number of aliphatic hydroxyl groups excluding tert-OH is 1. The van der Waals surface area contributed by atoms with Gasteiger partial charge in [0.05, 0.1) is 29.7 Å². The number of aliphatic hydroxyl groups is 1. The van der Waals surface area contributed by atoms with Crippen molar-refractivity contribution in [1.82, 2.24) is 9.97 Å². The molecule has 2 aromatic rings. The molecule has 2 aliphatic heterocycles. The first-order valence-corrected chi connectivity index (χ1v) is 8.35. The van der Waals surface area contributed by atoms with Gasteiger partial charge in [0.15, 0.2) is 16.6 Å². The Balaban J connectivity index is 1.67. The quantitative estimate of drug-likeness (QED) is 0.841. The molecule has 0 amide bonds. The minimum Gasteiger partial charge on any atom is -0.396 e. The molecule has 4 heterocycles. The number of nitrogen functional groups attached to an aromatic ring is 1. The fourth-order valence-electron chi connectivity index (χ4n) is 2.93. The van der Waals surface area contributed by atoms with Gasteiger partial charge >= 0.3 is 0 Å². The van der Waals surface area contributed by atoms with E-state index < -0.39 is 0 Å². The molecule has 1 unspecified atom stereocenters. The Morgan fingerprint density at radius 1 is 1.23 bits per heavy atom. The predicted molar refractivity (Wildman–Crippen MR) is 87.7 cm³/mol. The summed E-state index contributed by atoms with van der Waals surface area (Å²) in [7, 11) is 0. The number of aromatic nitrogens is 2. The second-order valence-electron chi connectivity index (χ2n) is 5.71. The normalized spacial score (nSPS) is 22.7. The van der Waals surface area contributed by atoms with Gasteiger partial charge in [-0.05, 0) is 12.5 Å². The molecule has 0 spiro atoms. The van der Waals surface area contributed by atoms with Crippen molar-refractivity contribution in [2.45, 2.75) is 12.5 Å². The van der Waals surface area contributed by atoms with Crippen LogP contribution in [-0.2, 0) is 4.74 Å². The zero-order valence-electron chi connectivity index (χ0n) is 12.2. The minimum absolute atomic E-state index is 0.295. The summed E-state index contributed by atoms with van der Waals surface area (Å²) in [6, 6.07) is 1.95. The Hall–Kier alpha value is -1.64. The minimum atomic E-state index is -0.295. The topological polar surface area (TPSA) is 87.7 Å². The van der Waals surface area contributed by atoms with Crippen LogP contribution >= 0.6 is 11.3 Å². The summed E-state index contributed by atoms with van der Waals surface area (Å²) < 4.78 is 6.38. The van der Waals surface area contributed by atoms with Crippen LogP contribution in [0, 0.1) is 0 Å². The molecule has 0 aromatic carbocycles. The van der Waals surface area contributed by atoms with Gasteiger partial charge in [0.2, 0.25) is 0 Å². The van der Waals surface area contributed by atoms with Crippen molar-refractivity contribution in [3.8, 4) is 0 Å². The molecule has 2 saturated heterocycles. The van der Waals surface area contributed by atoms with Gasteiger partial charge in [-0.25, -0.2) is 4.98 Å². The van der Waals surface area contributed by atoms with Gasteiger partial charge < -0.3 is 25.4 Å². The summed E-state index contributed by atoms with van der Waals surface area (Å²) in [6.45, 7) is 4.57. The van der Waals surface area contributed by atoms with E-state index >= 15 is 0 Å². The SMILES string of the molecule is Nc1cc2sc(N3CCOCC3)nc2nc1N1CCC(O)C1. The maximum atomic E-state index is 9.70. The standard InChI is InChI=1S/C14H19N5O2S/c15-10-7-11-12(16-13(10)19-2-1-9(20)8-19)17-14(22-11)18-3-5-21-6-4-18/h7,9,20H,1-6,8,15H2. The molecular formula is C14H19N5O2S. The Bertz CT molecular complexity index is 685. The molecule has 0 aliphatic carbocycles. The van der Waals surface area contributed by atoms with Crippen LogP contribution in [0.1, 0.15) is 6.42 Å². The van der Waals surface area contributed by atoms with Gasteiger partial charge in [-0.2, -0.15) is 4.98 Å². The average Bonchev–Trinajstić information content (AvgIpc) is 3.13. The number of thiazole rings is 1. The van der Waals surface area contributed by atoms with Crippen molar-refractivity contribution in [2.75, 3.05) is 54.9 Å². The Kier molecular flexibility index (Phi) is 3.51. The lowest BCUT2D eigenvalue weighted by atomic mass is 10.3. The van der Waals surface area contributed by atoms with Crippen molar-refractivity contribution < 1.29 is 9.84 Å². The Morgan fingerprint density at radius 3 is 2.77 bits per heavy atom. The number of morpholine rings is 1. The lowest BCUT2D eigenvalue weighted by Crippen LogP contribution is -2.36. The summed E-state index contributed by atoms with van der Waals surface area (Å²) in [4.78, 5) is 13.6. The highest BCUT2D eigenvalue weighted by molar-refractivity contribution is 7.22. The Labute approximate surface area is 132 Å². The lowest BCUT2D eigenvalue weighted by molar-refractivity contribution is 0.122. The summed E-state index contributed by atoms with van der Waals surface area (Å²) >= 11 is 1.62. The predicted octanol–water partition coefficient (Wildman–Crippen LogP) is 0.681. The maximum absolute atomic E-state index is 9.70. The first-order chi connectivity index (χ1) is 10.7. The number of anilines is 3. The third-order valence-corrected chi connectivity index (χ3v) is 5.18. The number of pyridine rings is 1. The van der Waals surface area contributed by atoms with Gasteiger partial charge in [-0.15, -0.1) is 0 Å². The van der Waals surface area contributed by atoms with Crippen molar-refractivity contribution in [1.29, 1.82) is 0 Å². The average molecular weight is 321 g/mol. The molecule has 2 aliphatic rings. The van der Waals surface area contributed by atoms with Crippen LogP contribution in [0.5, 0.6) is 0 Å². The fraction of sp³-hybridized carbons (Fsp3) is 0.571. The van der Waals surface area contributed by atoms with Crippen LogP contribution < -0.4 is 15.5 Å². The highest BCUT2D eigenvalue weighted by Crippen LogP contribution is 2.34. The molecule has 0 bridgehead atoms. The molecule has 0 saturated carbocycles. The van der Waals surface area contributed by atoms with E-state index in [-0.39, 0.29) is 6.10 Å². The van der Waals surface area contributed by atoms with Gasteiger partial charge in [-0.1, -0.05) is 11.3 Å². The van der Waals surface area contributed by atoms with E-state index in [0.717, 1.165) is 60.6 Å². The number of nitrogens with zero attached hydrogens (tertiary/aromatic N) is 4. The van der Waals surface area contributed by atoms with E-state index in [1.807, 2.05) is 11.0 Å². The number of ether oxygens (including phenoxy) is 1. The molecule has 22 heavy (non-hydrogen) atoms. The van der Waals surface area contributed by atoms with Crippen LogP contribution in [0.2, 0.25) is 0 Å². The van der Waals surface area contributed by atoms with Crippen LogP contribution in [0.15, 0.2) is 6.07 Å². The summed E-state index contributed by atoms with van der Waals surface area (Å²) in [5, 5.41) is 10.7. The largest absolute Gasteiger partial charge is 0.396 e. The van der Waals surface area contributed by atoms with Crippen molar-refractivity contribution in [2.24, 2.45) is 0 Å². The first-order valence-electron chi connectivity index (χ1n) is 7.53. The summed E-state index contributed by atoms with van der Waals surface area (Å²) in [6.07, 6.45) is 0.464. The van der Waals surface area contributed by atoms with E-state index in [9.17, 15) is 5.11 Å². The fourth-order valence-corrected chi connectivity index (χ4v) is 3.94. The molecular weight excluding hydrogens is 302 g/mol. The van der Waals surface area contributed by atoms with Crippen LogP contribution in [0.4, 0.5) is 16.6 Å². The monoisotopic (exact) mass is 321 g/mol. The Morgan fingerprint density at radius 2 is 2.05 bits per heavy atom. The smallest absolute Gasteiger partial charge is 0.188 e. The van der Waals surface area contributed by atoms with E-state index in [1.165, 1.54) is 0 Å². The molecule has 4 rings (SSSR count). The van der Waals surface area contributed by atoms with Gasteiger partial charge in [-0.3, -0.25) is 0 Å². The number of β-amino-alcohol motifs (C(OH)–C–C–N with tert-alkyl or cyclic N) is 1. The van der Waals surface area contributed by atoms with E-state index in [1.54, 1.807) is 11.3 Å². The maximum Gasteiger partial charge on any atom is 0.188 e. The van der Waals surface area contributed by atoms with Crippen molar-refractivity contribution in [3.63, 3.8) is 0 Å². The second-order valence-corrected chi connectivity index (χ2v) is 6.72. The first kappa shape index (κ1) is 14.0. The molecule has 118 valence electrons. The summed E-state index contributed by atoms with van der Waals surface area (Å²) in [5.74, 6) is 0.739. The van der Waals surface area contributed by atoms with E-state index in [0.29, 0.717) is 12.2 Å². The molecule has 2 aromatic heterocycles. The number of nitrogens with two attached hydrogens (primary N) is 1. The van der Waals surface area contributed by atoms with Gasteiger partial charge in [0.25, 0.3) is 0 Å². The number of hydrogen-bond acceptors (Lipinski definition) is 8. The number of rotatable bonds is 2. The van der Waals surface area contributed by atoms with Crippen LogP contribution in [0.25, 0.3) is 10.3 Å². The van der Waals surface area contributed by atoms with E-state index in [2.05, 4.69) is 14.9 Å². The molecule has 0 radical (unpaired) electrons. The number of hydrogen-bond donors (Lipinski definition) is 2.